The number of pyridine rings is 1. The first kappa shape index (κ1) is 14.9. The number of sulfonamides is 1. The normalized spacial score (nSPS) is 24.3. The number of hydrogen-bond donors (Lipinski definition) is 1. The molecule has 4 nitrogen and oxygen atoms in total. The predicted octanol–water partition coefficient (Wildman–Crippen LogP) is 3.09. The second-order valence-corrected chi connectivity index (χ2v) is 7.65. The van der Waals surface area contributed by atoms with Crippen LogP contribution >= 0.6 is 15.9 Å². The van der Waals surface area contributed by atoms with E-state index in [2.05, 4.69) is 32.6 Å². The molecule has 1 aliphatic rings. The molecule has 0 amide bonds. The van der Waals surface area contributed by atoms with Gasteiger partial charge in [-0.15, -0.1) is 0 Å². The van der Waals surface area contributed by atoms with Crippen molar-refractivity contribution < 1.29 is 8.42 Å². The van der Waals surface area contributed by atoms with Gasteiger partial charge >= 0.3 is 0 Å². The lowest BCUT2D eigenvalue weighted by Gasteiger charge is -2.31. The zero-order valence-electron chi connectivity index (χ0n) is 11.0. The molecule has 0 spiro atoms. The Morgan fingerprint density at radius 3 is 2.79 bits per heavy atom. The van der Waals surface area contributed by atoms with Gasteiger partial charge in [0.05, 0.1) is 0 Å². The second kappa shape index (κ2) is 6.33. The monoisotopic (exact) mass is 346 g/mol. The molecule has 1 N–H and O–H groups in total. The van der Waals surface area contributed by atoms with Crippen molar-refractivity contribution in [1.29, 1.82) is 0 Å². The number of halogens is 1. The highest BCUT2D eigenvalue weighted by Gasteiger charge is 2.28. The molecule has 1 aromatic rings. The van der Waals surface area contributed by atoms with Crippen molar-refractivity contribution in [1.82, 2.24) is 9.71 Å². The van der Waals surface area contributed by atoms with Crippen molar-refractivity contribution in [3.63, 3.8) is 0 Å². The van der Waals surface area contributed by atoms with Crippen molar-refractivity contribution in [3.05, 3.63) is 22.9 Å². The Hall–Kier alpha value is -0.460. The average Bonchev–Trinajstić information content (AvgIpc) is 2.39. The number of nitrogens with zero attached hydrogens (tertiary/aromatic N) is 1. The van der Waals surface area contributed by atoms with Crippen molar-refractivity contribution in [2.75, 3.05) is 0 Å². The van der Waals surface area contributed by atoms with E-state index >= 15 is 0 Å². The molecule has 6 heteroatoms. The fourth-order valence-electron chi connectivity index (χ4n) is 2.66. The first-order valence-electron chi connectivity index (χ1n) is 6.66. The lowest BCUT2D eigenvalue weighted by Crippen LogP contribution is -2.41. The number of aromatic nitrogens is 1. The first-order chi connectivity index (χ1) is 9.03. The minimum atomic E-state index is -3.47. The Morgan fingerprint density at radius 1 is 1.37 bits per heavy atom. The summed E-state index contributed by atoms with van der Waals surface area (Å²) in [6, 6.07) is 1.64. The van der Waals surface area contributed by atoms with Gasteiger partial charge in [-0.2, -0.15) is 0 Å². The Kier molecular flexibility index (Phi) is 4.97. The van der Waals surface area contributed by atoms with Crippen LogP contribution in [0.1, 0.15) is 39.0 Å². The van der Waals surface area contributed by atoms with Crippen LogP contribution in [0.3, 0.4) is 0 Å². The van der Waals surface area contributed by atoms with Crippen LogP contribution in [0.25, 0.3) is 0 Å². The fraction of sp³-hybridized carbons (Fsp3) is 0.615. The van der Waals surface area contributed by atoms with Gasteiger partial charge in [0.15, 0.2) is 0 Å². The summed E-state index contributed by atoms with van der Waals surface area (Å²) in [5, 5.41) is 0. The molecule has 0 bridgehead atoms. The summed E-state index contributed by atoms with van der Waals surface area (Å²) in [5.41, 5.74) is 0. The Bertz CT molecular complexity index is 533. The van der Waals surface area contributed by atoms with E-state index in [0.29, 0.717) is 10.4 Å². The molecule has 0 radical (unpaired) electrons. The van der Waals surface area contributed by atoms with Gasteiger partial charge < -0.3 is 0 Å². The van der Waals surface area contributed by atoms with Crippen LogP contribution in [-0.4, -0.2) is 19.4 Å². The van der Waals surface area contributed by atoms with Gasteiger partial charge in [0, 0.05) is 22.9 Å². The molecule has 1 aromatic heterocycles. The second-order valence-electron chi connectivity index (χ2n) is 5.02. The predicted molar refractivity (Wildman–Crippen MR) is 78.3 cm³/mol. The fourth-order valence-corrected chi connectivity index (χ4v) is 4.50. The number of nitrogens with one attached hydrogen (secondary N) is 1. The lowest BCUT2D eigenvalue weighted by atomic mass is 9.83. The zero-order valence-corrected chi connectivity index (χ0v) is 13.4. The molecular formula is C13H19BrN2O2S. The van der Waals surface area contributed by atoms with Crippen LogP contribution < -0.4 is 4.72 Å². The molecule has 106 valence electrons. The summed E-state index contributed by atoms with van der Waals surface area (Å²) in [5.74, 6) is 0.448. The van der Waals surface area contributed by atoms with Gasteiger partial charge in [0.25, 0.3) is 0 Å². The molecule has 2 atom stereocenters. The van der Waals surface area contributed by atoms with E-state index in [1.54, 1.807) is 12.3 Å². The summed E-state index contributed by atoms with van der Waals surface area (Å²) in [7, 11) is -3.47. The summed E-state index contributed by atoms with van der Waals surface area (Å²) in [6.45, 7) is 2.12. The van der Waals surface area contributed by atoms with Crippen molar-refractivity contribution in [2.45, 2.75) is 50.0 Å². The number of rotatable bonds is 4. The molecule has 0 saturated heterocycles. The summed E-state index contributed by atoms with van der Waals surface area (Å²) in [4.78, 5) is 4.14. The van der Waals surface area contributed by atoms with Crippen molar-refractivity contribution >= 4 is 26.0 Å². The van der Waals surface area contributed by atoms with E-state index in [1.165, 1.54) is 12.6 Å². The van der Waals surface area contributed by atoms with Crippen LogP contribution in [0.5, 0.6) is 0 Å². The Morgan fingerprint density at radius 2 is 2.11 bits per heavy atom. The maximum Gasteiger partial charge on any atom is 0.242 e. The quantitative estimate of drug-likeness (QED) is 0.911. The van der Waals surface area contributed by atoms with E-state index in [-0.39, 0.29) is 10.9 Å². The van der Waals surface area contributed by atoms with Crippen LogP contribution in [-0.2, 0) is 10.0 Å². The van der Waals surface area contributed by atoms with Gasteiger partial charge in [-0.1, -0.05) is 26.2 Å². The van der Waals surface area contributed by atoms with E-state index in [4.69, 9.17) is 0 Å². The van der Waals surface area contributed by atoms with Crippen molar-refractivity contribution in [3.8, 4) is 0 Å². The molecule has 19 heavy (non-hydrogen) atoms. The SMILES string of the molecule is CCC1CCCCC1NS(=O)(=O)c1cncc(Br)c1. The largest absolute Gasteiger partial charge is 0.262 e. The van der Waals surface area contributed by atoms with E-state index in [1.807, 2.05) is 0 Å². The topological polar surface area (TPSA) is 59.1 Å². The summed E-state index contributed by atoms with van der Waals surface area (Å²) in [6.07, 6.45) is 8.32. The molecule has 1 saturated carbocycles. The molecule has 2 unspecified atom stereocenters. The molecule has 0 aliphatic heterocycles. The van der Waals surface area contributed by atoms with E-state index < -0.39 is 10.0 Å². The third-order valence-electron chi connectivity index (χ3n) is 3.73. The Labute approximate surface area is 123 Å². The molecule has 2 rings (SSSR count). The van der Waals surface area contributed by atoms with Crippen molar-refractivity contribution in [2.24, 2.45) is 5.92 Å². The van der Waals surface area contributed by atoms with Gasteiger partial charge in [-0.25, -0.2) is 13.1 Å². The lowest BCUT2D eigenvalue weighted by molar-refractivity contribution is 0.282. The average molecular weight is 347 g/mol. The molecule has 1 fully saturated rings. The molecule has 0 aromatic carbocycles. The van der Waals surface area contributed by atoms with Crippen LogP contribution in [0, 0.1) is 5.92 Å². The van der Waals surface area contributed by atoms with Crippen LogP contribution in [0.4, 0.5) is 0 Å². The Balaban J connectivity index is 2.16. The minimum Gasteiger partial charge on any atom is -0.262 e. The highest BCUT2D eigenvalue weighted by molar-refractivity contribution is 9.10. The summed E-state index contributed by atoms with van der Waals surface area (Å²) >= 11 is 3.25. The van der Waals surface area contributed by atoms with Crippen LogP contribution in [0.2, 0.25) is 0 Å². The molecule has 1 heterocycles. The summed E-state index contributed by atoms with van der Waals surface area (Å²) < 4.78 is 28.2. The first-order valence-corrected chi connectivity index (χ1v) is 8.93. The molecular weight excluding hydrogens is 328 g/mol. The van der Waals surface area contributed by atoms with Gasteiger partial charge in [0.2, 0.25) is 10.0 Å². The van der Waals surface area contributed by atoms with Gasteiger partial charge in [-0.3, -0.25) is 4.98 Å². The third kappa shape index (κ3) is 3.77. The standard InChI is InChI=1S/C13H19BrN2O2S/c1-2-10-5-3-4-6-13(10)16-19(17,18)12-7-11(14)8-15-9-12/h7-10,13,16H,2-6H2,1H3. The van der Waals surface area contributed by atoms with Crippen LogP contribution in [0.15, 0.2) is 27.8 Å². The van der Waals surface area contributed by atoms with Gasteiger partial charge in [0.1, 0.15) is 4.90 Å². The third-order valence-corrected chi connectivity index (χ3v) is 5.62. The number of hydrogen-bond acceptors (Lipinski definition) is 3. The maximum atomic E-state index is 12.3. The highest BCUT2D eigenvalue weighted by Crippen LogP contribution is 2.28. The van der Waals surface area contributed by atoms with Gasteiger partial charge in [-0.05, 0) is 40.8 Å². The van der Waals surface area contributed by atoms with E-state index in [9.17, 15) is 8.42 Å². The van der Waals surface area contributed by atoms with E-state index in [0.717, 1.165) is 25.7 Å². The zero-order chi connectivity index (χ0) is 13.9. The maximum absolute atomic E-state index is 12.3. The smallest absolute Gasteiger partial charge is 0.242 e. The molecule has 1 aliphatic carbocycles. The minimum absolute atomic E-state index is 0.0581. The highest BCUT2D eigenvalue weighted by atomic mass is 79.9.